The highest BCUT2D eigenvalue weighted by molar-refractivity contribution is 6.03. The van der Waals surface area contributed by atoms with Gasteiger partial charge in [0.25, 0.3) is 0 Å². The zero-order valence-corrected chi connectivity index (χ0v) is 13.6. The van der Waals surface area contributed by atoms with Crippen LogP contribution in [0.25, 0.3) is 33.4 Å². The number of hydrogen-bond donors (Lipinski definition) is 1. The molecule has 0 atom stereocenters. The summed E-state index contributed by atoms with van der Waals surface area (Å²) in [6, 6.07) is 10.9. The number of benzene rings is 1. The van der Waals surface area contributed by atoms with Crippen molar-refractivity contribution in [1.29, 1.82) is 0 Å². The van der Waals surface area contributed by atoms with E-state index in [1.165, 1.54) is 11.6 Å². The number of anilines is 1. The first-order valence-electron chi connectivity index (χ1n) is 8.13. The zero-order valence-electron chi connectivity index (χ0n) is 13.6. The van der Waals surface area contributed by atoms with Crippen LogP contribution in [0.15, 0.2) is 55.0 Å². The van der Waals surface area contributed by atoms with Gasteiger partial charge in [-0.15, -0.1) is 0 Å². The van der Waals surface area contributed by atoms with Crippen LogP contribution < -0.4 is 4.90 Å². The van der Waals surface area contributed by atoms with Crippen molar-refractivity contribution < 1.29 is 4.39 Å². The van der Waals surface area contributed by atoms with Gasteiger partial charge < -0.3 is 9.88 Å². The summed E-state index contributed by atoms with van der Waals surface area (Å²) < 4.78 is 13.9. The Morgan fingerprint density at radius 2 is 1.88 bits per heavy atom. The molecule has 0 bridgehead atoms. The quantitative estimate of drug-likeness (QED) is 0.563. The smallest absolute Gasteiger partial charge is 0.138 e. The molecule has 25 heavy (non-hydrogen) atoms. The van der Waals surface area contributed by atoms with Crippen molar-refractivity contribution in [2.45, 2.75) is 6.54 Å². The molecule has 3 aromatic heterocycles. The number of aromatic amines is 1. The summed E-state index contributed by atoms with van der Waals surface area (Å²) >= 11 is 0. The molecule has 1 aromatic carbocycles. The van der Waals surface area contributed by atoms with E-state index in [9.17, 15) is 4.39 Å². The Hall–Kier alpha value is -3.21. The molecule has 0 radical (unpaired) electrons. The number of rotatable bonds is 1. The fraction of sp³-hybridized carbons (Fsp3) is 0.100. The molecule has 4 heterocycles. The van der Waals surface area contributed by atoms with E-state index in [0.29, 0.717) is 0 Å². The van der Waals surface area contributed by atoms with Crippen molar-refractivity contribution in [1.82, 2.24) is 15.0 Å². The van der Waals surface area contributed by atoms with E-state index in [1.54, 1.807) is 24.7 Å². The van der Waals surface area contributed by atoms with Crippen LogP contribution in [-0.4, -0.2) is 22.0 Å². The lowest BCUT2D eigenvalue weighted by atomic mass is 9.99. The van der Waals surface area contributed by atoms with Crippen molar-refractivity contribution in [3.63, 3.8) is 0 Å². The summed E-state index contributed by atoms with van der Waals surface area (Å²) in [7, 11) is 2.03. The topological polar surface area (TPSA) is 44.8 Å². The molecule has 0 unspecified atom stereocenters. The number of fused-ring (bicyclic) bond motifs is 2. The molecule has 0 saturated heterocycles. The maximum atomic E-state index is 13.9. The van der Waals surface area contributed by atoms with E-state index < -0.39 is 0 Å². The Morgan fingerprint density at radius 3 is 2.72 bits per heavy atom. The van der Waals surface area contributed by atoms with E-state index in [0.717, 1.165) is 45.6 Å². The molecule has 5 heteroatoms. The molecule has 4 nitrogen and oxygen atoms in total. The molecular weight excluding hydrogens is 315 g/mol. The van der Waals surface area contributed by atoms with Crippen LogP contribution in [0.3, 0.4) is 0 Å². The van der Waals surface area contributed by atoms with Crippen LogP contribution in [-0.2, 0) is 6.54 Å². The summed E-state index contributed by atoms with van der Waals surface area (Å²) in [5, 5.41) is 1.06. The zero-order chi connectivity index (χ0) is 17.0. The number of nitrogens with one attached hydrogen (secondary N) is 1. The minimum atomic E-state index is -0.231. The maximum Gasteiger partial charge on any atom is 0.138 e. The van der Waals surface area contributed by atoms with Gasteiger partial charge in [0.2, 0.25) is 0 Å². The van der Waals surface area contributed by atoms with Crippen molar-refractivity contribution in [2.75, 3.05) is 11.9 Å². The van der Waals surface area contributed by atoms with Crippen LogP contribution >= 0.6 is 0 Å². The molecule has 0 amide bonds. The fourth-order valence-corrected chi connectivity index (χ4v) is 3.71. The number of aromatic nitrogens is 3. The highest BCUT2D eigenvalue weighted by Crippen LogP contribution is 2.43. The molecular formula is C20H15FN4. The monoisotopic (exact) mass is 330 g/mol. The van der Waals surface area contributed by atoms with Gasteiger partial charge in [-0.3, -0.25) is 4.98 Å². The molecule has 0 aliphatic carbocycles. The molecule has 1 N–H and O–H groups in total. The molecule has 122 valence electrons. The largest absolute Gasteiger partial charge is 0.370 e. The highest BCUT2D eigenvalue weighted by atomic mass is 19.1. The Bertz CT molecular complexity index is 1100. The predicted octanol–water partition coefficient (Wildman–Crippen LogP) is 4.38. The van der Waals surface area contributed by atoms with E-state index in [-0.39, 0.29) is 5.82 Å². The second-order valence-corrected chi connectivity index (χ2v) is 6.31. The summed E-state index contributed by atoms with van der Waals surface area (Å²) in [4.78, 5) is 14.2. The van der Waals surface area contributed by atoms with Gasteiger partial charge in [-0.25, -0.2) is 9.37 Å². The predicted molar refractivity (Wildman–Crippen MR) is 96.8 cm³/mol. The van der Waals surface area contributed by atoms with Gasteiger partial charge in [-0.2, -0.15) is 0 Å². The molecule has 1 aliphatic heterocycles. The van der Waals surface area contributed by atoms with Gasteiger partial charge in [-0.1, -0.05) is 0 Å². The summed E-state index contributed by atoms with van der Waals surface area (Å²) in [6.45, 7) is 0.717. The van der Waals surface area contributed by atoms with Crippen LogP contribution in [0, 0.1) is 5.82 Å². The van der Waals surface area contributed by atoms with Crippen LogP contribution in [0.1, 0.15) is 5.56 Å². The normalized spacial score (nSPS) is 13.0. The third-order valence-corrected chi connectivity index (χ3v) is 4.82. The third kappa shape index (κ3) is 2.05. The SMILES string of the molecule is CN1Cc2c(-c3ccncc3)[nH]c3nccc(c23)-c2cc(F)ccc21. The van der Waals surface area contributed by atoms with Crippen molar-refractivity contribution in [2.24, 2.45) is 0 Å². The average molecular weight is 330 g/mol. The molecule has 1 aliphatic rings. The number of nitrogens with zero attached hydrogens (tertiary/aromatic N) is 3. The van der Waals surface area contributed by atoms with Crippen molar-refractivity contribution in [3.05, 3.63) is 66.4 Å². The Balaban J connectivity index is 1.88. The number of pyridine rings is 2. The fourth-order valence-electron chi connectivity index (χ4n) is 3.71. The first-order chi connectivity index (χ1) is 12.2. The number of H-pyrrole nitrogens is 1. The lowest BCUT2D eigenvalue weighted by Crippen LogP contribution is -2.16. The Labute approximate surface area is 144 Å². The van der Waals surface area contributed by atoms with Crippen LogP contribution in [0.2, 0.25) is 0 Å². The molecule has 5 rings (SSSR count). The average Bonchev–Trinajstić information content (AvgIpc) is 2.95. The van der Waals surface area contributed by atoms with Crippen molar-refractivity contribution >= 4 is 16.7 Å². The van der Waals surface area contributed by atoms with E-state index in [4.69, 9.17) is 0 Å². The van der Waals surface area contributed by atoms with Gasteiger partial charge in [0, 0.05) is 59.9 Å². The van der Waals surface area contributed by atoms with Gasteiger partial charge in [-0.05, 0) is 42.0 Å². The second-order valence-electron chi connectivity index (χ2n) is 6.31. The lowest BCUT2D eigenvalue weighted by Gasteiger charge is -2.20. The first-order valence-corrected chi connectivity index (χ1v) is 8.13. The van der Waals surface area contributed by atoms with Gasteiger partial charge in [0.05, 0.1) is 5.69 Å². The molecule has 0 spiro atoms. The number of hydrogen-bond acceptors (Lipinski definition) is 3. The summed E-state index contributed by atoms with van der Waals surface area (Å²) in [5.41, 5.74) is 7.03. The second kappa shape index (κ2) is 5.14. The molecule has 4 aromatic rings. The van der Waals surface area contributed by atoms with Gasteiger partial charge >= 0.3 is 0 Å². The van der Waals surface area contributed by atoms with Crippen molar-refractivity contribution in [3.8, 4) is 22.4 Å². The maximum absolute atomic E-state index is 13.9. The molecule has 0 saturated carbocycles. The standard InChI is InChI=1S/C20H15FN4/c1-25-11-16-18-14(15-10-13(21)2-3-17(15)25)6-9-23-20(18)24-19(16)12-4-7-22-8-5-12/h2-10H,11H2,1H3,(H,23,24). The van der Waals surface area contributed by atoms with Crippen LogP contribution in [0.4, 0.5) is 10.1 Å². The summed E-state index contributed by atoms with van der Waals surface area (Å²) in [6.07, 6.45) is 5.34. The van der Waals surface area contributed by atoms with Crippen LogP contribution in [0.5, 0.6) is 0 Å². The first kappa shape index (κ1) is 14.2. The Morgan fingerprint density at radius 1 is 1.04 bits per heavy atom. The minimum absolute atomic E-state index is 0.231. The highest BCUT2D eigenvalue weighted by Gasteiger charge is 2.24. The van der Waals surface area contributed by atoms with Gasteiger partial charge in [0.1, 0.15) is 11.5 Å². The molecule has 0 fully saturated rings. The van der Waals surface area contributed by atoms with Gasteiger partial charge in [0.15, 0.2) is 0 Å². The number of halogens is 1. The van der Waals surface area contributed by atoms with E-state index >= 15 is 0 Å². The minimum Gasteiger partial charge on any atom is -0.370 e. The third-order valence-electron chi connectivity index (χ3n) is 4.82. The lowest BCUT2D eigenvalue weighted by molar-refractivity contribution is 0.628. The van der Waals surface area contributed by atoms with E-state index in [2.05, 4.69) is 19.9 Å². The summed E-state index contributed by atoms with van der Waals surface area (Å²) in [5.74, 6) is -0.231. The Kier molecular flexibility index (Phi) is 2.91. The van der Waals surface area contributed by atoms with E-state index in [1.807, 2.05) is 31.3 Å².